The molecule has 20 heavy (non-hydrogen) atoms. The molecule has 0 radical (unpaired) electrons. The topological polar surface area (TPSA) is 57.6 Å². The number of anilines is 1. The molecule has 0 fully saturated rings. The zero-order chi connectivity index (χ0) is 14.3. The van der Waals surface area contributed by atoms with Crippen molar-refractivity contribution < 1.29 is 14.7 Å². The Morgan fingerprint density at radius 2 is 1.75 bits per heavy atom. The van der Waals surface area contributed by atoms with E-state index >= 15 is 0 Å². The summed E-state index contributed by atoms with van der Waals surface area (Å²) in [4.78, 5) is 25.9. The van der Waals surface area contributed by atoms with Crippen LogP contribution in [0.1, 0.15) is 31.8 Å². The number of aryl methyl sites for hydroxylation is 1. The summed E-state index contributed by atoms with van der Waals surface area (Å²) in [5.41, 5.74) is 2.95. The van der Waals surface area contributed by atoms with E-state index in [4.69, 9.17) is 5.11 Å². The Morgan fingerprint density at radius 1 is 1.00 bits per heavy atom. The minimum atomic E-state index is -0.319. The number of carbonyl (C=O) groups is 2. The maximum absolute atomic E-state index is 12.4. The van der Waals surface area contributed by atoms with Gasteiger partial charge in [-0.1, -0.05) is 23.8 Å². The monoisotopic (exact) mass is 267 g/mol. The van der Waals surface area contributed by atoms with E-state index in [-0.39, 0.29) is 18.4 Å². The van der Waals surface area contributed by atoms with Gasteiger partial charge >= 0.3 is 0 Å². The number of rotatable bonds is 2. The van der Waals surface area contributed by atoms with Gasteiger partial charge in [0.25, 0.3) is 11.8 Å². The molecule has 4 heteroatoms. The fourth-order valence-electron chi connectivity index (χ4n) is 2.38. The molecule has 2 aromatic rings. The first-order chi connectivity index (χ1) is 9.61. The minimum absolute atomic E-state index is 0.129. The van der Waals surface area contributed by atoms with Crippen molar-refractivity contribution >= 4 is 17.5 Å². The first-order valence-corrected chi connectivity index (χ1v) is 6.31. The lowest BCUT2D eigenvalue weighted by atomic mass is 10.1. The summed E-state index contributed by atoms with van der Waals surface area (Å²) in [6.07, 6.45) is 0. The van der Waals surface area contributed by atoms with Gasteiger partial charge in [0.2, 0.25) is 0 Å². The van der Waals surface area contributed by atoms with Crippen molar-refractivity contribution in [3.8, 4) is 0 Å². The van der Waals surface area contributed by atoms with E-state index in [1.807, 2.05) is 13.0 Å². The Balaban J connectivity index is 2.09. The number of nitrogens with zero attached hydrogens (tertiary/aromatic N) is 1. The molecule has 0 saturated heterocycles. The van der Waals surface area contributed by atoms with Gasteiger partial charge in [0, 0.05) is 0 Å². The van der Waals surface area contributed by atoms with E-state index in [0.29, 0.717) is 22.4 Å². The van der Waals surface area contributed by atoms with Crippen LogP contribution in [0.5, 0.6) is 0 Å². The highest BCUT2D eigenvalue weighted by atomic mass is 16.3. The average molecular weight is 267 g/mol. The summed E-state index contributed by atoms with van der Waals surface area (Å²) in [6, 6.07) is 12.0. The lowest BCUT2D eigenvalue weighted by Gasteiger charge is -2.14. The fourth-order valence-corrected chi connectivity index (χ4v) is 2.38. The molecule has 0 bridgehead atoms. The zero-order valence-corrected chi connectivity index (χ0v) is 11.0. The van der Waals surface area contributed by atoms with E-state index in [1.54, 1.807) is 36.4 Å². The largest absolute Gasteiger partial charge is 0.392 e. The second-order valence-electron chi connectivity index (χ2n) is 4.82. The number of benzene rings is 2. The smallest absolute Gasteiger partial charge is 0.266 e. The number of imide groups is 1. The fraction of sp³-hybridized carbons (Fsp3) is 0.125. The molecule has 2 aromatic carbocycles. The van der Waals surface area contributed by atoms with Crippen LogP contribution in [0.25, 0.3) is 0 Å². The Morgan fingerprint density at radius 3 is 2.50 bits per heavy atom. The van der Waals surface area contributed by atoms with Crippen molar-refractivity contribution in [3.05, 3.63) is 64.7 Å². The van der Waals surface area contributed by atoms with Gasteiger partial charge in [0.1, 0.15) is 0 Å². The van der Waals surface area contributed by atoms with Crippen molar-refractivity contribution in [2.24, 2.45) is 0 Å². The molecule has 0 aliphatic carbocycles. The van der Waals surface area contributed by atoms with Crippen LogP contribution < -0.4 is 4.90 Å². The third kappa shape index (κ3) is 1.82. The Hall–Kier alpha value is -2.46. The van der Waals surface area contributed by atoms with Gasteiger partial charge in [-0.15, -0.1) is 0 Å². The van der Waals surface area contributed by atoms with Gasteiger partial charge in [0.15, 0.2) is 0 Å². The molecule has 0 atom stereocenters. The van der Waals surface area contributed by atoms with Gasteiger partial charge < -0.3 is 5.11 Å². The number of hydrogen-bond acceptors (Lipinski definition) is 3. The van der Waals surface area contributed by atoms with Crippen LogP contribution in [0.4, 0.5) is 5.69 Å². The molecule has 1 aliphatic heterocycles. The van der Waals surface area contributed by atoms with Gasteiger partial charge in [-0.05, 0) is 36.8 Å². The zero-order valence-electron chi connectivity index (χ0n) is 11.0. The molecule has 0 unspecified atom stereocenters. The molecule has 1 aliphatic rings. The van der Waals surface area contributed by atoms with Crippen molar-refractivity contribution in [1.82, 2.24) is 0 Å². The normalized spacial score (nSPS) is 13.8. The summed E-state index contributed by atoms with van der Waals surface area (Å²) in [5.74, 6) is -0.635. The second kappa shape index (κ2) is 4.58. The van der Waals surface area contributed by atoms with Crippen molar-refractivity contribution in [2.75, 3.05) is 4.90 Å². The summed E-state index contributed by atoms with van der Waals surface area (Å²) in [7, 11) is 0. The molecule has 2 amide bonds. The van der Waals surface area contributed by atoms with E-state index < -0.39 is 0 Å². The molecule has 1 heterocycles. The van der Waals surface area contributed by atoms with Crippen LogP contribution in [0, 0.1) is 6.92 Å². The average Bonchev–Trinajstić information content (AvgIpc) is 2.70. The number of amides is 2. The molecule has 4 nitrogen and oxygen atoms in total. The van der Waals surface area contributed by atoms with Crippen LogP contribution in [-0.2, 0) is 6.61 Å². The van der Waals surface area contributed by atoms with Crippen molar-refractivity contribution in [3.63, 3.8) is 0 Å². The predicted molar refractivity (Wildman–Crippen MR) is 74.7 cm³/mol. The summed E-state index contributed by atoms with van der Waals surface area (Å²) in [6.45, 7) is 1.75. The molecular formula is C16H13NO3. The first kappa shape index (κ1) is 12.6. The third-order valence-electron chi connectivity index (χ3n) is 3.39. The van der Waals surface area contributed by atoms with E-state index in [1.165, 1.54) is 0 Å². The number of hydrogen-bond donors (Lipinski definition) is 1. The molecule has 3 rings (SSSR count). The van der Waals surface area contributed by atoms with Gasteiger partial charge in [-0.2, -0.15) is 0 Å². The van der Waals surface area contributed by atoms with Crippen LogP contribution in [0.3, 0.4) is 0 Å². The quantitative estimate of drug-likeness (QED) is 0.849. The molecule has 0 spiro atoms. The molecule has 0 aromatic heterocycles. The number of aliphatic hydroxyl groups is 1. The van der Waals surface area contributed by atoms with Crippen LogP contribution in [0.2, 0.25) is 0 Å². The highest BCUT2D eigenvalue weighted by molar-refractivity contribution is 6.34. The van der Waals surface area contributed by atoms with Crippen LogP contribution in [0.15, 0.2) is 42.5 Å². The standard InChI is InChI=1S/C16H13NO3/c1-10-5-6-13-14(7-10)16(20)17(15(13)19)12-4-2-3-11(8-12)9-18/h2-8,18H,9H2,1H3. The lowest BCUT2D eigenvalue weighted by Crippen LogP contribution is -2.29. The Labute approximate surface area is 116 Å². The molecule has 100 valence electrons. The maximum atomic E-state index is 12.4. The third-order valence-corrected chi connectivity index (χ3v) is 3.39. The van der Waals surface area contributed by atoms with Crippen LogP contribution in [-0.4, -0.2) is 16.9 Å². The lowest BCUT2D eigenvalue weighted by molar-refractivity contribution is 0.0926. The van der Waals surface area contributed by atoms with E-state index in [0.717, 1.165) is 10.5 Å². The second-order valence-corrected chi connectivity index (χ2v) is 4.82. The SMILES string of the molecule is Cc1ccc2c(c1)C(=O)N(c1cccc(CO)c1)C2=O. The minimum Gasteiger partial charge on any atom is -0.392 e. The molecule has 1 N–H and O–H groups in total. The van der Waals surface area contributed by atoms with Crippen LogP contribution >= 0.6 is 0 Å². The Kier molecular flexibility index (Phi) is 2.88. The Bertz CT molecular complexity index is 721. The van der Waals surface area contributed by atoms with Gasteiger partial charge in [-0.3, -0.25) is 9.59 Å². The number of fused-ring (bicyclic) bond motifs is 1. The number of aliphatic hydroxyl groups excluding tert-OH is 1. The summed E-state index contributed by atoms with van der Waals surface area (Å²) in [5, 5.41) is 9.16. The number of carbonyl (C=O) groups excluding carboxylic acids is 2. The van der Waals surface area contributed by atoms with E-state index in [2.05, 4.69) is 0 Å². The van der Waals surface area contributed by atoms with Gasteiger partial charge in [0.05, 0.1) is 23.4 Å². The highest BCUT2D eigenvalue weighted by Crippen LogP contribution is 2.29. The van der Waals surface area contributed by atoms with Gasteiger partial charge in [-0.25, -0.2) is 4.90 Å². The first-order valence-electron chi connectivity index (χ1n) is 6.31. The molecular weight excluding hydrogens is 254 g/mol. The highest BCUT2D eigenvalue weighted by Gasteiger charge is 2.36. The summed E-state index contributed by atoms with van der Waals surface area (Å²) < 4.78 is 0. The van der Waals surface area contributed by atoms with Crippen molar-refractivity contribution in [1.29, 1.82) is 0 Å². The van der Waals surface area contributed by atoms with E-state index in [9.17, 15) is 9.59 Å². The summed E-state index contributed by atoms with van der Waals surface area (Å²) >= 11 is 0. The predicted octanol–water partition coefficient (Wildman–Crippen LogP) is 2.29. The van der Waals surface area contributed by atoms with Crippen molar-refractivity contribution in [2.45, 2.75) is 13.5 Å². The molecule has 0 saturated carbocycles. The maximum Gasteiger partial charge on any atom is 0.266 e.